The van der Waals surface area contributed by atoms with Gasteiger partial charge in [0.05, 0.1) is 11.6 Å². The lowest BCUT2D eigenvalue weighted by atomic mass is 10.1. The fourth-order valence-electron chi connectivity index (χ4n) is 1.93. The van der Waals surface area contributed by atoms with Gasteiger partial charge in [-0.3, -0.25) is 4.79 Å². The highest BCUT2D eigenvalue weighted by Gasteiger charge is 2.15. The molecule has 0 bridgehead atoms. The molecule has 0 radical (unpaired) electrons. The summed E-state index contributed by atoms with van der Waals surface area (Å²) in [5, 5.41) is 2.77. The molecule has 2 aromatic carbocycles. The molecular formula is C16H17FN2O. The summed E-state index contributed by atoms with van der Waals surface area (Å²) in [7, 11) is 0. The Labute approximate surface area is 117 Å². The molecule has 0 aliphatic carbocycles. The van der Waals surface area contributed by atoms with Crippen LogP contribution in [0.4, 0.5) is 10.1 Å². The third-order valence-corrected chi connectivity index (χ3v) is 3.16. The van der Waals surface area contributed by atoms with Gasteiger partial charge in [0.25, 0.3) is 5.91 Å². The van der Waals surface area contributed by atoms with Gasteiger partial charge in [-0.15, -0.1) is 0 Å². The van der Waals surface area contributed by atoms with Crippen LogP contribution in [0.3, 0.4) is 0 Å². The van der Waals surface area contributed by atoms with Crippen LogP contribution in [0.1, 0.15) is 34.5 Å². The van der Waals surface area contributed by atoms with Gasteiger partial charge in [-0.1, -0.05) is 29.8 Å². The number of rotatable bonds is 3. The van der Waals surface area contributed by atoms with Gasteiger partial charge in [0.2, 0.25) is 0 Å². The van der Waals surface area contributed by atoms with Crippen molar-refractivity contribution in [1.82, 2.24) is 5.32 Å². The lowest BCUT2D eigenvalue weighted by Gasteiger charge is -2.15. The number of hydrogen-bond donors (Lipinski definition) is 2. The number of hydrogen-bond acceptors (Lipinski definition) is 2. The van der Waals surface area contributed by atoms with E-state index >= 15 is 0 Å². The first-order chi connectivity index (χ1) is 9.47. The fraction of sp³-hybridized carbons (Fsp3) is 0.188. The second kappa shape index (κ2) is 5.74. The van der Waals surface area contributed by atoms with Gasteiger partial charge >= 0.3 is 0 Å². The summed E-state index contributed by atoms with van der Waals surface area (Å²) in [6.45, 7) is 3.86. The molecule has 1 atom stereocenters. The second-order valence-electron chi connectivity index (χ2n) is 4.85. The van der Waals surface area contributed by atoms with Crippen LogP contribution in [-0.4, -0.2) is 5.91 Å². The van der Waals surface area contributed by atoms with E-state index in [1.54, 1.807) is 0 Å². The van der Waals surface area contributed by atoms with Crippen molar-refractivity contribution in [1.29, 1.82) is 0 Å². The molecule has 104 valence electrons. The van der Waals surface area contributed by atoms with E-state index in [1.165, 1.54) is 12.1 Å². The number of nitrogens with one attached hydrogen (secondary N) is 1. The number of carbonyl (C=O) groups is 1. The van der Waals surface area contributed by atoms with E-state index in [0.29, 0.717) is 5.69 Å². The van der Waals surface area contributed by atoms with Crippen molar-refractivity contribution in [3.8, 4) is 0 Å². The maximum atomic E-state index is 13.7. The van der Waals surface area contributed by atoms with Crippen molar-refractivity contribution in [3.05, 3.63) is 65.0 Å². The Morgan fingerprint density at radius 3 is 2.45 bits per heavy atom. The van der Waals surface area contributed by atoms with E-state index in [2.05, 4.69) is 5.32 Å². The summed E-state index contributed by atoms with van der Waals surface area (Å²) in [5.41, 5.74) is 7.88. The minimum atomic E-state index is -0.612. The van der Waals surface area contributed by atoms with Crippen LogP contribution in [0.25, 0.3) is 0 Å². The molecule has 3 N–H and O–H groups in total. The molecule has 2 aromatic rings. The van der Waals surface area contributed by atoms with Crippen molar-refractivity contribution < 1.29 is 9.18 Å². The molecule has 0 spiro atoms. The highest BCUT2D eigenvalue weighted by molar-refractivity contribution is 5.95. The normalized spacial score (nSPS) is 11.9. The van der Waals surface area contributed by atoms with E-state index in [9.17, 15) is 9.18 Å². The maximum Gasteiger partial charge on any atom is 0.254 e. The minimum absolute atomic E-state index is 0.00170. The van der Waals surface area contributed by atoms with Crippen LogP contribution in [0.2, 0.25) is 0 Å². The third kappa shape index (κ3) is 3.15. The number of nitrogen functional groups attached to an aromatic ring is 1. The average molecular weight is 272 g/mol. The topological polar surface area (TPSA) is 55.1 Å². The predicted octanol–water partition coefficient (Wildman–Crippen LogP) is 3.21. The van der Waals surface area contributed by atoms with E-state index in [4.69, 9.17) is 5.73 Å². The van der Waals surface area contributed by atoms with Crippen molar-refractivity contribution >= 4 is 11.6 Å². The molecule has 0 aliphatic heterocycles. The van der Waals surface area contributed by atoms with Gasteiger partial charge in [-0.05, 0) is 37.6 Å². The first-order valence-corrected chi connectivity index (χ1v) is 6.40. The van der Waals surface area contributed by atoms with Crippen LogP contribution in [0, 0.1) is 12.7 Å². The van der Waals surface area contributed by atoms with Crippen LogP contribution in [0.5, 0.6) is 0 Å². The van der Waals surface area contributed by atoms with E-state index in [-0.39, 0.29) is 11.6 Å². The Morgan fingerprint density at radius 2 is 1.85 bits per heavy atom. The highest BCUT2D eigenvalue weighted by Crippen LogP contribution is 2.16. The molecule has 0 aromatic heterocycles. The van der Waals surface area contributed by atoms with Crippen LogP contribution < -0.4 is 11.1 Å². The van der Waals surface area contributed by atoms with Gasteiger partial charge in [0, 0.05) is 5.69 Å². The Morgan fingerprint density at radius 1 is 1.20 bits per heavy atom. The summed E-state index contributed by atoms with van der Waals surface area (Å²) in [4.78, 5) is 12.0. The zero-order chi connectivity index (χ0) is 14.7. The summed E-state index contributed by atoms with van der Waals surface area (Å²) < 4.78 is 13.7. The molecule has 1 unspecified atom stereocenters. The highest BCUT2D eigenvalue weighted by atomic mass is 19.1. The molecule has 0 saturated heterocycles. The number of halogens is 1. The molecule has 0 saturated carbocycles. The number of carbonyl (C=O) groups excluding carboxylic acids is 1. The first-order valence-electron chi connectivity index (χ1n) is 6.40. The van der Waals surface area contributed by atoms with E-state index in [0.717, 1.165) is 17.2 Å². The third-order valence-electron chi connectivity index (χ3n) is 3.16. The standard InChI is InChI=1S/C16H17FN2O/c1-10-3-5-12(6-4-10)11(2)19-16(20)14-8-7-13(18)9-15(14)17/h3-9,11H,18H2,1-2H3,(H,19,20). The largest absolute Gasteiger partial charge is 0.399 e. The monoisotopic (exact) mass is 272 g/mol. The maximum absolute atomic E-state index is 13.7. The minimum Gasteiger partial charge on any atom is -0.399 e. The second-order valence-corrected chi connectivity index (χ2v) is 4.85. The quantitative estimate of drug-likeness (QED) is 0.843. The molecule has 0 heterocycles. The number of nitrogens with two attached hydrogens (primary N) is 1. The first kappa shape index (κ1) is 14.1. The van der Waals surface area contributed by atoms with Crippen molar-refractivity contribution in [2.24, 2.45) is 0 Å². The van der Waals surface area contributed by atoms with Crippen molar-refractivity contribution in [3.63, 3.8) is 0 Å². The Balaban J connectivity index is 2.13. The fourth-order valence-corrected chi connectivity index (χ4v) is 1.93. The Bertz CT molecular complexity index is 623. The summed E-state index contributed by atoms with van der Waals surface area (Å²) in [5.74, 6) is -1.06. The number of anilines is 1. The average Bonchev–Trinajstić information content (AvgIpc) is 2.39. The molecule has 0 aliphatic rings. The summed E-state index contributed by atoms with van der Waals surface area (Å²) >= 11 is 0. The van der Waals surface area contributed by atoms with E-state index in [1.807, 2.05) is 38.1 Å². The molecule has 0 fully saturated rings. The SMILES string of the molecule is Cc1ccc(C(C)NC(=O)c2ccc(N)cc2F)cc1. The number of aryl methyl sites for hydroxylation is 1. The molecule has 4 heteroatoms. The zero-order valence-electron chi connectivity index (χ0n) is 11.5. The predicted molar refractivity (Wildman–Crippen MR) is 77.9 cm³/mol. The number of amides is 1. The van der Waals surface area contributed by atoms with Gasteiger partial charge in [0.15, 0.2) is 0 Å². The van der Waals surface area contributed by atoms with Gasteiger partial charge in [0.1, 0.15) is 5.82 Å². The van der Waals surface area contributed by atoms with Gasteiger partial charge < -0.3 is 11.1 Å². The molecule has 20 heavy (non-hydrogen) atoms. The Kier molecular flexibility index (Phi) is 4.03. The molecule has 1 amide bonds. The molecule has 3 nitrogen and oxygen atoms in total. The van der Waals surface area contributed by atoms with Crippen LogP contribution in [0.15, 0.2) is 42.5 Å². The summed E-state index contributed by atoms with van der Waals surface area (Å²) in [6, 6.07) is 11.7. The van der Waals surface area contributed by atoms with Gasteiger partial charge in [-0.2, -0.15) is 0 Å². The van der Waals surface area contributed by atoms with Gasteiger partial charge in [-0.25, -0.2) is 4.39 Å². The molecular weight excluding hydrogens is 255 g/mol. The van der Waals surface area contributed by atoms with Crippen LogP contribution in [-0.2, 0) is 0 Å². The number of benzene rings is 2. The van der Waals surface area contributed by atoms with E-state index < -0.39 is 11.7 Å². The van der Waals surface area contributed by atoms with Crippen LogP contribution >= 0.6 is 0 Å². The smallest absolute Gasteiger partial charge is 0.254 e. The Hall–Kier alpha value is -2.36. The zero-order valence-corrected chi connectivity index (χ0v) is 11.5. The summed E-state index contributed by atoms with van der Waals surface area (Å²) in [6.07, 6.45) is 0. The van der Waals surface area contributed by atoms with Crippen molar-refractivity contribution in [2.45, 2.75) is 19.9 Å². The lowest BCUT2D eigenvalue weighted by Crippen LogP contribution is -2.27. The molecule has 2 rings (SSSR count). The lowest BCUT2D eigenvalue weighted by molar-refractivity contribution is 0.0936. The van der Waals surface area contributed by atoms with Crippen molar-refractivity contribution in [2.75, 3.05) is 5.73 Å².